The van der Waals surface area contributed by atoms with Gasteiger partial charge in [0.1, 0.15) is 5.75 Å². The zero-order chi connectivity index (χ0) is 13.8. The van der Waals surface area contributed by atoms with E-state index in [9.17, 15) is 0 Å². The van der Waals surface area contributed by atoms with E-state index in [2.05, 4.69) is 17.2 Å². The van der Waals surface area contributed by atoms with Crippen molar-refractivity contribution in [3.8, 4) is 5.75 Å². The molecule has 0 aromatic heterocycles. The van der Waals surface area contributed by atoms with Crippen LogP contribution in [-0.2, 0) is 0 Å². The van der Waals surface area contributed by atoms with Crippen LogP contribution >= 0.6 is 23.4 Å². The summed E-state index contributed by atoms with van der Waals surface area (Å²) in [6, 6.07) is 3.83. The van der Waals surface area contributed by atoms with Crippen molar-refractivity contribution in [3.05, 3.63) is 22.7 Å². The second kappa shape index (κ2) is 6.53. The molecule has 0 saturated carbocycles. The number of hydrogen-bond donors (Lipinski definition) is 1. The van der Waals surface area contributed by atoms with E-state index in [1.54, 1.807) is 7.11 Å². The van der Waals surface area contributed by atoms with Crippen molar-refractivity contribution in [2.24, 2.45) is 4.99 Å². The Morgan fingerprint density at radius 2 is 2.32 bits per heavy atom. The SMILES string of the molecule is CCCC1CN=C(Nc2cc(C)c(Cl)cc2OC)S1. The third kappa shape index (κ3) is 3.57. The number of halogens is 1. The number of aryl methyl sites for hydroxylation is 1. The quantitative estimate of drug-likeness (QED) is 0.897. The summed E-state index contributed by atoms with van der Waals surface area (Å²) in [7, 11) is 1.65. The van der Waals surface area contributed by atoms with E-state index in [0.29, 0.717) is 10.3 Å². The van der Waals surface area contributed by atoms with Gasteiger partial charge in [-0.3, -0.25) is 4.99 Å². The molecular formula is C14H19ClN2OS. The summed E-state index contributed by atoms with van der Waals surface area (Å²) in [5.41, 5.74) is 1.95. The summed E-state index contributed by atoms with van der Waals surface area (Å²) in [6.45, 7) is 5.09. The molecule has 1 aromatic carbocycles. The number of benzene rings is 1. The number of nitrogens with zero attached hydrogens (tertiary/aromatic N) is 1. The number of anilines is 1. The minimum atomic E-state index is 0.604. The average molecular weight is 299 g/mol. The van der Waals surface area contributed by atoms with Crippen molar-refractivity contribution in [2.45, 2.75) is 31.9 Å². The predicted octanol–water partition coefficient (Wildman–Crippen LogP) is 4.34. The zero-order valence-corrected chi connectivity index (χ0v) is 13.1. The first kappa shape index (κ1) is 14.5. The number of hydrogen-bond acceptors (Lipinski definition) is 4. The molecule has 19 heavy (non-hydrogen) atoms. The Balaban J connectivity index is 2.09. The van der Waals surface area contributed by atoms with Crippen molar-refractivity contribution in [2.75, 3.05) is 19.0 Å². The van der Waals surface area contributed by atoms with Crippen LogP contribution in [0.1, 0.15) is 25.3 Å². The normalized spacial score (nSPS) is 18.3. The molecule has 0 aliphatic carbocycles. The Morgan fingerprint density at radius 1 is 1.53 bits per heavy atom. The van der Waals surface area contributed by atoms with Crippen LogP contribution in [-0.4, -0.2) is 24.1 Å². The number of aliphatic imine (C=N–C) groups is 1. The molecule has 0 radical (unpaired) electrons. The molecule has 1 unspecified atom stereocenters. The molecule has 2 rings (SSSR count). The fraction of sp³-hybridized carbons (Fsp3) is 0.500. The van der Waals surface area contributed by atoms with E-state index in [-0.39, 0.29) is 0 Å². The fourth-order valence-electron chi connectivity index (χ4n) is 2.00. The number of methoxy groups -OCH3 is 1. The number of ether oxygens (including phenoxy) is 1. The van der Waals surface area contributed by atoms with Gasteiger partial charge in [-0.05, 0) is 25.0 Å². The molecule has 1 N–H and O–H groups in total. The Hall–Kier alpha value is -0.870. The van der Waals surface area contributed by atoms with Gasteiger partial charge >= 0.3 is 0 Å². The minimum absolute atomic E-state index is 0.604. The average Bonchev–Trinajstić information content (AvgIpc) is 2.81. The first-order chi connectivity index (χ1) is 9.13. The lowest BCUT2D eigenvalue weighted by atomic mass is 10.2. The van der Waals surface area contributed by atoms with Gasteiger partial charge in [-0.2, -0.15) is 0 Å². The lowest BCUT2D eigenvalue weighted by Gasteiger charge is -2.13. The predicted molar refractivity (Wildman–Crippen MR) is 85.0 cm³/mol. The van der Waals surface area contributed by atoms with Crippen LogP contribution in [0.3, 0.4) is 0 Å². The molecule has 0 fully saturated rings. The van der Waals surface area contributed by atoms with Gasteiger partial charge in [-0.25, -0.2) is 0 Å². The third-order valence-electron chi connectivity index (χ3n) is 3.05. The van der Waals surface area contributed by atoms with Gasteiger partial charge in [-0.1, -0.05) is 36.7 Å². The number of nitrogens with one attached hydrogen (secondary N) is 1. The van der Waals surface area contributed by atoms with E-state index in [1.807, 2.05) is 30.8 Å². The van der Waals surface area contributed by atoms with Crippen LogP contribution in [0.25, 0.3) is 0 Å². The van der Waals surface area contributed by atoms with E-state index in [1.165, 1.54) is 12.8 Å². The topological polar surface area (TPSA) is 33.6 Å². The van der Waals surface area contributed by atoms with Gasteiger partial charge in [-0.15, -0.1) is 0 Å². The second-order valence-electron chi connectivity index (χ2n) is 4.60. The third-order valence-corrected chi connectivity index (χ3v) is 4.63. The smallest absolute Gasteiger partial charge is 0.161 e. The highest BCUT2D eigenvalue weighted by molar-refractivity contribution is 8.15. The molecule has 1 heterocycles. The zero-order valence-electron chi connectivity index (χ0n) is 11.5. The maximum Gasteiger partial charge on any atom is 0.161 e. The molecule has 5 heteroatoms. The van der Waals surface area contributed by atoms with Gasteiger partial charge in [0.25, 0.3) is 0 Å². The lowest BCUT2D eigenvalue weighted by molar-refractivity contribution is 0.417. The maximum absolute atomic E-state index is 6.10. The molecule has 0 bridgehead atoms. The largest absolute Gasteiger partial charge is 0.495 e. The standard InChI is InChI=1S/C14H19ClN2OS/c1-4-5-10-8-16-14(19-10)17-12-6-9(2)11(15)7-13(12)18-3/h6-7,10H,4-5,8H2,1-3H3,(H,16,17). The molecule has 0 saturated heterocycles. The van der Waals surface area contributed by atoms with Crippen molar-refractivity contribution in [1.29, 1.82) is 0 Å². The highest BCUT2D eigenvalue weighted by Gasteiger charge is 2.19. The Morgan fingerprint density at radius 3 is 3.00 bits per heavy atom. The van der Waals surface area contributed by atoms with Crippen LogP contribution in [0.2, 0.25) is 5.02 Å². The number of thioether (sulfide) groups is 1. The van der Waals surface area contributed by atoms with Gasteiger partial charge in [0.2, 0.25) is 0 Å². The number of rotatable bonds is 4. The van der Waals surface area contributed by atoms with Crippen LogP contribution in [0.5, 0.6) is 5.75 Å². The van der Waals surface area contributed by atoms with Crippen molar-refractivity contribution < 1.29 is 4.74 Å². The van der Waals surface area contributed by atoms with E-state index in [4.69, 9.17) is 16.3 Å². The Labute approximate surface area is 123 Å². The maximum atomic E-state index is 6.10. The first-order valence-electron chi connectivity index (χ1n) is 6.46. The molecule has 3 nitrogen and oxygen atoms in total. The van der Waals surface area contributed by atoms with Crippen LogP contribution in [0.15, 0.2) is 17.1 Å². The molecule has 1 aliphatic heterocycles. The van der Waals surface area contributed by atoms with Crippen LogP contribution < -0.4 is 10.1 Å². The summed E-state index contributed by atoms with van der Waals surface area (Å²) < 4.78 is 5.35. The molecule has 0 spiro atoms. The highest BCUT2D eigenvalue weighted by atomic mass is 35.5. The Kier molecular flexibility index (Phi) is 4.99. The molecule has 0 amide bonds. The second-order valence-corrected chi connectivity index (χ2v) is 6.30. The van der Waals surface area contributed by atoms with E-state index >= 15 is 0 Å². The minimum Gasteiger partial charge on any atom is -0.495 e. The van der Waals surface area contributed by atoms with Gasteiger partial charge in [0, 0.05) is 16.3 Å². The summed E-state index contributed by atoms with van der Waals surface area (Å²) in [5, 5.41) is 5.64. The van der Waals surface area contributed by atoms with Crippen LogP contribution in [0, 0.1) is 6.92 Å². The van der Waals surface area contributed by atoms with Crippen molar-refractivity contribution >= 4 is 34.2 Å². The fourth-order valence-corrected chi connectivity index (χ4v) is 3.29. The molecule has 1 aromatic rings. The molecule has 1 aliphatic rings. The van der Waals surface area contributed by atoms with E-state index in [0.717, 1.165) is 28.7 Å². The van der Waals surface area contributed by atoms with Gasteiger partial charge < -0.3 is 10.1 Å². The summed E-state index contributed by atoms with van der Waals surface area (Å²) in [4.78, 5) is 4.54. The molecule has 1 atom stereocenters. The highest BCUT2D eigenvalue weighted by Crippen LogP contribution is 2.33. The summed E-state index contributed by atoms with van der Waals surface area (Å²) >= 11 is 7.91. The monoisotopic (exact) mass is 298 g/mol. The Bertz CT molecular complexity index is 491. The van der Waals surface area contributed by atoms with E-state index < -0.39 is 0 Å². The van der Waals surface area contributed by atoms with Crippen LogP contribution in [0.4, 0.5) is 5.69 Å². The van der Waals surface area contributed by atoms with Gasteiger partial charge in [0.15, 0.2) is 5.17 Å². The first-order valence-corrected chi connectivity index (χ1v) is 7.72. The summed E-state index contributed by atoms with van der Waals surface area (Å²) in [5.74, 6) is 0.748. The van der Waals surface area contributed by atoms with Crippen molar-refractivity contribution in [3.63, 3.8) is 0 Å². The lowest BCUT2D eigenvalue weighted by Crippen LogP contribution is -2.08. The molecule has 104 valence electrons. The van der Waals surface area contributed by atoms with Gasteiger partial charge in [0.05, 0.1) is 19.3 Å². The number of amidine groups is 1. The molecular weight excluding hydrogens is 280 g/mol. The summed E-state index contributed by atoms with van der Waals surface area (Å²) in [6.07, 6.45) is 2.40. The van der Waals surface area contributed by atoms with Crippen molar-refractivity contribution in [1.82, 2.24) is 0 Å².